The first-order valence-electron chi connectivity index (χ1n) is 4.47. The molecule has 1 rings (SSSR count). The van der Waals surface area contributed by atoms with Crippen LogP contribution in [0, 0.1) is 0 Å². The molecule has 1 amide bonds. The second-order valence-electron chi connectivity index (χ2n) is 3.25. The van der Waals surface area contributed by atoms with E-state index >= 15 is 0 Å². The molecule has 0 aromatic carbocycles. The summed E-state index contributed by atoms with van der Waals surface area (Å²) in [6, 6.07) is 1.69. The van der Waals surface area contributed by atoms with Crippen molar-refractivity contribution in [3.8, 4) is 0 Å². The zero-order chi connectivity index (χ0) is 10.6. The number of hydrogen-bond donors (Lipinski definition) is 3. The number of nitrogens with one attached hydrogen (secondary N) is 2. The van der Waals surface area contributed by atoms with Crippen LogP contribution < -0.4 is 11.1 Å². The second-order valence-corrected chi connectivity index (χ2v) is 3.69. The summed E-state index contributed by atoms with van der Waals surface area (Å²) in [5.74, 6) is -0.155. The van der Waals surface area contributed by atoms with E-state index in [1.807, 2.05) is 6.92 Å². The molecule has 0 saturated heterocycles. The summed E-state index contributed by atoms with van der Waals surface area (Å²) < 4.78 is 0. The zero-order valence-electron chi connectivity index (χ0n) is 8.01. The number of rotatable bonds is 4. The Morgan fingerprint density at radius 1 is 1.79 bits per heavy atom. The van der Waals surface area contributed by atoms with Crippen LogP contribution >= 0.6 is 11.6 Å². The summed E-state index contributed by atoms with van der Waals surface area (Å²) in [7, 11) is 0. The molecule has 0 aliphatic heterocycles. The Hall–Kier alpha value is -1.00. The van der Waals surface area contributed by atoms with Gasteiger partial charge in [0.1, 0.15) is 5.69 Å². The number of H-pyrrole nitrogens is 1. The van der Waals surface area contributed by atoms with Crippen molar-refractivity contribution in [3.05, 3.63) is 23.0 Å². The van der Waals surface area contributed by atoms with Gasteiger partial charge in [-0.2, -0.15) is 0 Å². The predicted octanol–water partition coefficient (Wildman–Crippen LogP) is 1.14. The van der Waals surface area contributed by atoms with Gasteiger partial charge in [-0.05, 0) is 19.4 Å². The Bertz CT molecular complexity index is 309. The molecule has 4 N–H and O–H groups in total. The molecule has 0 aliphatic rings. The van der Waals surface area contributed by atoms with Crippen LogP contribution in [0.1, 0.15) is 23.8 Å². The first-order valence-corrected chi connectivity index (χ1v) is 4.85. The Balaban J connectivity index is 2.36. The molecule has 1 heterocycles. The topological polar surface area (TPSA) is 70.9 Å². The lowest BCUT2D eigenvalue weighted by Crippen LogP contribution is -2.29. The van der Waals surface area contributed by atoms with Crippen LogP contribution in [0.3, 0.4) is 0 Å². The van der Waals surface area contributed by atoms with Crippen LogP contribution in [-0.4, -0.2) is 23.5 Å². The van der Waals surface area contributed by atoms with Crippen molar-refractivity contribution in [2.75, 3.05) is 6.54 Å². The molecule has 4 nitrogen and oxygen atoms in total. The van der Waals surface area contributed by atoms with Crippen molar-refractivity contribution in [2.24, 2.45) is 5.73 Å². The SMILES string of the molecule is CC(N)CCNC(=O)c1cc(Cl)c[nH]1. The first kappa shape index (κ1) is 11.1. The lowest BCUT2D eigenvalue weighted by atomic mass is 10.2. The Morgan fingerprint density at radius 2 is 2.50 bits per heavy atom. The molecule has 5 heteroatoms. The molecule has 0 bridgehead atoms. The lowest BCUT2D eigenvalue weighted by Gasteiger charge is -2.05. The molecule has 1 atom stereocenters. The van der Waals surface area contributed by atoms with Crippen LogP contribution in [-0.2, 0) is 0 Å². The molecule has 78 valence electrons. The zero-order valence-corrected chi connectivity index (χ0v) is 8.77. The van der Waals surface area contributed by atoms with Crippen molar-refractivity contribution < 1.29 is 4.79 Å². The van der Waals surface area contributed by atoms with Crippen LogP contribution in [0.4, 0.5) is 0 Å². The van der Waals surface area contributed by atoms with Gasteiger partial charge in [-0.15, -0.1) is 0 Å². The van der Waals surface area contributed by atoms with Gasteiger partial charge in [0.05, 0.1) is 5.02 Å². The molecule has 0 aliphatic carbocycles. The molecular formula is C9H14ClN3O. The normalized spacial score (nSPS) is 12.5. The third-order valence-corrected chi connectivity index (χ3v) is 2.00. The van der Waals surface area contributed by atoms with E-state index in [2.05, 4.69) is 10.3 Å². The molecule has 14 heavy (non-hydrogen) atoms. The highest BCUT2D eigenvalue weighted by atomic mass is 35.5. The van der Waals surface area contributed by atoms with Crippen LogP contribution in [0.2, 0.25) is 5.02 Å². The molecule has 0 spiro atoms. The van der Waals surface area contributed by atoms with Crippen molar-refractivity contribution in [1.29, 1.82) is 0 Å². The fourth-order valence-electron chi connectivity index (χ4n) is 1.01. The van der Waals surface area contributed by atoms with Gasteiger partial charge in [0.2, 0.25) is 0 Å². The van der Waals surface area contributed by atoms with E-state index in [-0.39, 0.29) is 11.9 Å². The summed E-state index contributed by atoms with van der Waals surface area (Å²) in [5.41, 5.74) is 6.01. The number of nitrogens with two attached hydrogens (primary N) is 1. The lowest BCUT2D eigenvalue weighted by molar-refractivity contribution is 0.0948. The van der Waals surface area contributed by atoms with E-state index in [1.165, 1.54) is 0 Å². The number of halogens is 1. The summed E-state index contributed by atoms with van der Waals surface area (Å²) in [6.07, 6.45) is 2.34. The predicted molar refractivity (Wildman–Crippen MR) is 56.4 cm³/mol. The summed E-state index contributed by atoms with van der Waals surface area (Å²) in [5, 5.41) is 3.26. The maximum Gasteiger partial charge on any atom is 0.267 e. The summed E-state index contributed by atoms with van der Waals surface area (Å²) in [6.45, 7) is 2.48. The van der Waals surface area contributed by atoms with E-state index in [0.717, 1.165) is 6.42 Å². The average Bonchev–Trinajstić information content (AvgIpc) is 2.51. The Morgan fingerprint density at radius 3 is 3.00 bits per heavy atom. The van der Waals surface area contributed by atoms with Crippen LogP contribution in [0.15, 0.2) is 12.3 Å². The smallest absolute Gasteiger partial charge is 0.267 e. The van der Waals surface area contributed by atoms with Gasteiger partial charge in [0, 0.05) is 18.8 Å². The molecule has 1 unspecified atom stereocenters. The molecular weight excluding hydrogens is 202 g/mol. The third-order valence-electron chi connectivity index (χ3n) is 1.78. The maximum atomic E-state index is 11.4. The van der Waals surface area contributed by atoms with E-state index in [4.69, 9.17) is 17.3 Å². The van der Waals surface area contributed by atoms with Crippen molar-refractivity contribution in [3.63, 3.8) is 0 Å². The molecule has 1 aromatic rings. The molecule has 1 aromatic heterocycles. The number of carbonyl (C=O) groups is 1. The average molecular weight is 216 g/mol. The highest BCUT2D eigenvalue weighted by molar-refractivity contribution is 6.30. The van der Waals surface area contributed by atoms with Gasteiger partial charge >= 0.3 is 0 Å². The number of carbonyl (C=O) groups excluding carboxylic acids is 1. The van der Waals surface area contributed by atoms with Gasteiger partial charge in [-0.25, -0.2) is 0 Å². The van der Waals surface area contributed by atoms with Crippen LogP contribution in [0.25, 0.3) is 0 Å². The second kappa shape index (κ2) is 5.02. The van der Waals surface area contributed by atoms with E-state index < -0.39 is 0 Å². The highest BCUT2D eigenvalue weighted by Gasteiger charge is 2.06. The third kappa shape index (κ3) is 3.40. The van der Waals surface area contributed by atoms with Crippen molar-refractivity contribution in [1.82, 2.24) is 10.3 Å². The maximum absolute atomic E-state index is 11.4. The largest absolute Gasteiger partial charge is 0.356 e. The Labute approximate surface area is 87.8 Å². The molecule has 0 fully saturated rings. The van der Waals surface area contributed by atoms with Gasteiger partial charge in [0.25, 0.3) is 5.91 Å². The van der Waals surface area contributed by atoms with Crippen LogP contribution in [0.5, 0.6) is 0 Å². The number of aromatic amines is 1. The fourth-order valence-corrected chi connectivity index (χ4v) is 1.17. The molecule has 0 saturated carbocycles. The van der Waals surface area contributed by atoms with Gasteiger partial charge in [-0.3, -0.25) is 4.79 Å². The van der Waals surface area contributed by atoms with E-state index in [0.29, 0.717) is 17.3 Å². The molecule has 0 radical (unpaired) electrons. The number of aromatic nitrogens is 1. The summed E-state index contributed by atoms with van der Waals surface area (Å²) >= 11 is 5.66. The van der Waals surface area contributed by atoms with E-state index in [9.17, 15) is 4.79 Å². The van der Waals surface area contributed by atoms with E-state index in [1.54, 1.807) is 12.3 Å². The van der Waals surface area contributed by atoms with Gasteiger partial charge in [0.15, 0.2) is 0 Å². The monoisotopic (exact) mass is 215 g/mol. The number of amides is 1. The van der Waals surface area contributed by atoms with Gasteiger partial charge < -0.3 is 16.0 Å². The minimum absolute atomic E-state index is 0.0996. The highest BCUT2D eigenvalue weighted by Crippen LogP contribution is 2.08. The van der Waals surface area contributed by atoms with Gasteiger partial charge in [-0.1, -0.05) is 11.6 Å². The minimum Gasteiger partial charge on any atom is -0.356 e. The number of hydrogen-bond acceptors (Lipinski definition) is 2. The standard InChI is InChI=1S/C9H14ClN3O/c1-6(11)2-3-12-9(14)8-4-7(10)5-13-8/h4-6,13H,2-3,11H2,1H3,(H,12,14). The first-order chi connectivity index (χ1) is 6.59. The fraction of sp³-hybridized carbons (Fsp3) is 0.444. The van der Waals surface area contributed by atoms with Crippen molar-refractivity contribution >= 4 is 17.5 Å². The van der Waals surface area contributed by atoms with Crippen molar-refractivity contribution in [2.45, 2.75) is 19.4 Å². The summed E-state index contributed by atoms with van der Waals surface area (Å²) in [4.78, 5) is 14.2. The Kier molecular flexibility index (Phi) is 3.98. The minimum atomic E-state index is -0.155. The quantitative estimate of drug-likeness (QED) is 0.705.